The summed E-state index contributed by atoms with van der Waals surface area (Å²) in [6, 6.07) is 0. The zero-order valence-corrected chi connectivity index (χ0v) is 12.4. The Hall–Kier alpha value is -1.86. The normalized spacial score (nSPS) is 6.90. The summed E-state index contributed by atoms with van der Waals surface area (Å²) in [6.45, 7) is 4.55. The maximum Gasteiger partial charge on any atom is -0.0159 e. The van der Waals surface area contributed by atoms with E-state index < -0.39 is 0 Å². The van der Waals surface area contributed by atoms with Crippen molar-refractivity contribution in [3.8, 4) is 0 Å². The second kappa shape index (κ2) is 43.4. The average Bonchev–Trinajstić information content (AvgIpc) is 2.41. The van der Waals surface area contributed by atoms with Crippen LogP contribution in [0.2, 0.25) is 0 Å². The Morgan fingerprint density at radius 2 is 0.700 bits per heavy atom. The second-order valence-corrected chi connectivity index (χ2v) is 3.75. The van der Waals surface area contributed by atoms with Crippen molar-refractivity contribution in [2.75, 3.05) is 0 Å². The highest BCUT2D eigenvalue weighted by molar-refractivity contribution is 5.37. The van der Waals surface area contributed by atoms with Crippen LogP contribution in [0.5, 0.6) is 0 Å². The van der Waals surface area contributed by atoms with Gasteiger partial charge in [0, 0.05) is 0 Å². The third-order valence-electron chi connectivity index (χ3n) is 2.21. The summed E-state index contributed by atoms with van der Waals surface area (Å²) in [7, 11) is 0. The number of hydrogen-bond donors (Lipinski definition) is 0. The Morgan fingerprint density at radius 3 is 0.850 bits per heavy atom. The largest absolute Gasteiger partial charge is 0.724 e. The van der Waals surface area contributed by atoms with Gasteiger partial charge in [-0.2, -0.15) is 0 Å². The number of nitrogens with zero attached hydrogens (tertiary/aromatic N) is 3. The van der Waals surface area contributed by atoms with Crippen molar-refractivity contribution in [1.82, 2.24) is 0 Å². The standard InChI is InChI=1S/C11H24.3CNO/c1-3-5-7-9-11-10-8-6-4-2;3*2-1-3/h3-11H2,1-2H3;;;/q;3*-1. The summed E-state index contributed by atoms with van der Waals surface area (Å²) in [5.41, 5.74) is 0. The predicted molar refractivity (Wildman–Crippen MR) is 80.1 cm³/mol. The van der Waals surface area contributed by atoms with E-state index in [4.69, 9.17) is 30.6 Å². The van der Waals surface area contributed by atoms with Crippen LogP contribution in [0.15, 0.2) is 0 Å². The van der Waals surface area contributed by atoms with Gasteiger partial charge in [-0.15, -0.1) is 0 Å². The lowest BCUT2D eigenvalue weighted by Gasteiger charge is -1.98. The highest BCUT2D eigenvalue weighted by atomic mass is 16.1. The predicted octanol–water partition coefficient (Wildman–Crippen LogP) is 4.21. The summed E-state index contributed by atoms with van der Waals surface area (Å²) in [4.78, 5) is 24.7. The summed E-state index contributed by atoms with van der Waals surface area (Å²) in [6.07, 6.45) is 14.5. The van der Waals surface area contributed by atoms with Crippen LogP contribution in [-0.4, -0.2) is 18.2 Å². The molecule has 20 heavy (non-hydrogen) atoms. The molecule has 0 aromatic rings. The fourth-order valence-corrected chi connectivity index (χ4v) is 1.38. The fourth-order valence-electron chi connectivity index (χ4n) is 1.38. The fraction of sp³-hybridized carbons (Fsp3) is 0.786. The van der Waals surface area contributed by atoms with E-state index in [1.54, 1.807) is 0 Å². The Balaban J connectivity index is -0.000000117. The quantitative estimate of drug-likeness (QED) is 0.376. The molecule has 0 rings (SSSR count). The van der Waals surface area contributed by atoms with Crippen LogP contribution in [-0.2, 0) is 14.4 Å². The van der Waals surface area contributed by atoms with E-state index in [1.807, 2.05) is 0 Å². The van der Waals surface area contributed by atoms with E-state index in [0.29, 0.717) is 18.2 Å². The number of hydrogen-bond acceptors (Lipinski definition) is 3. The Bertz CT molecular complexity index is 214. The number of unbranched alkanes of at least 4 members (excludes halogenated alkanes) is 8. The van der Waals surface area contributed by atoms with Gasteiger partial charge in [-0.1, -0.05) is 71.6 Å². The van der Waals surface area contributed by atoms with Gasteiger partial charge in [-0.3, -0.25) is 14.4 Å². The molecule has 0 aliphatic heterocycles. The first-order valence-electron chi connectivity index (χ1n) is 6.70. The third kappa shape index (κ3) is 98.1. The van der Waals surface area contributed by atoms with Crippen LogP contribution in [0.25, 0.3) is 16.2 Å². The van der Waals surface area contributed by atoms with E-state index in [-0.39, 0.29) is 0 Å². The topological polar surface area (TPSA) is 118 Å². The van der Waals surface area contributed by atoms with Crippen LogP contribution in [0, 0.1) is 0 Å². The lowest BCUT2D eigenvalue weighted by molar-refractivity contribution is 0.568. The molecular formula is C14H24N3O3-3. The molecule has 0 unspecified atom stereocenters. The number of carbonyl (C=O) groups excluding carboxylic acids is 3. The zero-order valence-electron chi connectivity index (χ0n) is 12.4. The lowest BCUT2D eigenvalue weighted by Crippen LogP contribution is -1.79. The van der Waals surface area contributed by atoms with Crippen molar-refractivity contribution in [3.05, 3.63) is 16.2 Å². The van der Waals surface area contributed by atoms with E-state index in [9.17, 15) is 0 Å². The molecule has 0 aromatic carbocycles. The Morgan fingerprint density at radius 1 is 0.550 bits per heavy atom. The highest BCUT2D eigenvalue weighted by Gasteiger charge is 1.88. The molecule has 0 aliphatic rings. The van der Waals surface area contributed by atoms with Crippen molar-refractivity contribution in [3.63, 3.8) is 0 Å². The molecule has 6 heteroatoms. The van der Waals surface area contributed by atoms with Gasteiger partial charge in [0.15, 0.2) is 0 Å². The smallest absolute Gasteiger partial charge is 0.0159 e. The van der Waals surface area contributed by atoms with E-state index >= 15 is 0 Å². The van der Waals surface area contributed by atoms with Gasteiger partial charge in [-0.05, 0) is 18.2 Å². The van der Waals surface area contributed by atoms with Crippen LogP contribution in [0.1, 0.15) is 71.6 Å². The molecule has 116 valence electrons. The van der Waals surface area contributed by atoms with Crippen LogP contribution >= 0.6 is 0 Å². The van der Waals surface area contributed by atoms with Crippen LogP contribution < -0.4 is 0 Å². The van der Waals surface area contributed by atoms with Gasteiger partial charge in [0.25, 0.3) is 0 Å². The minimum Gasteiger partial charge on any atom is -0.724 e. The molecule has 0 saturated heterocycles. The molecule has 6 nitrogen and oxygen atoms in total. The van der Waals surface area contributed by atoms with Gasteiger partial charge in [0.2, 0.25) is 0 Å². The van der Waals surface area contributed by atoms with E-state index in [2.05, 4.69) is 13.8 Å². The molecule has 0 aliphatic carbocycles. The molecule has 0 heterocycles. The first kappa shape index (κ1) is 26.7. The molecule has 0 N–H and O–H groups in total. The number of isocyanates is 3. The maximum atomic E-state index is 8.24. The molecular weight excluding hydrogens is 258 g/mol. The van der Waals surface area contributed by atoms with Gasteiger partial charge in [0.1, 0.15) is 0 Å². The maximum absolute atomic E-state index is 8.24. The van der Waals surface area contributed by atoms with Crippen molar-refractivity contribution < 1.29 is 14.4 Å². The molecule has 0 atom stereocenters. The Kier molecular flexibility index (Phi) is 57.9. The van der Waals surface area contributed by atoms with Crippen molar-refractivity contribution >= 4 is 18.2 Å². The molecule has 0 radical (unpaired) electrons. The monoisotopic (exact) mass is 282 g/mol. The Labute approximate surface area is 121 Å². The molecule has 0 fully saturated rings. The molecule has 0 amide bonds. The summed E-state index contributed by atoms with van der Waals surface area (Å²) < 4.78 is 0. The van der Waals surface area contributed by atoms with Crippen LogP contribution in [0.3, 0.4) is 0 Å². The lowest BCUT2D eigenvalue weighted by atomic mass is 10.1. The molecule has 0 aromatic heterocycles. The molecule has 0 bridgehead atoms. The first-order valence-corrected chi connectivity index (χ1v) is 6.70. The first-order chi connectivity index (χ1) is 9.66. The van der Waals surface area contributed by atoms with Gasteiger partial charge < -0.3 is 16.2 Å². The van der Waals surface area contributed by atoms with Gasteiger partial charge >= 0.3 is 0 Å². The third-order valence-corrected chi connectivity index (χ3v) is 2.21. The molecule has 0 spiro atoms. The van der Waals surface area contributed by atoms with Crippen molar-refractivity contribution in [2.24, 2.45) is 0 Å². The van der Waals surface area contributed by atoms with E-state index in [1.165, 1.54) is 57.8 Å². The second-order valence-electron chi connectivity index (χ2n) is 3.75. The van der Waals surface area contributed by atoms with Crippen molar-refractivity contribution in [1.29, 1.82) is 0 Å². The van der Waals surface area contributed by atoms with Gasteiger partial charge in [0.05, 0.1) is 0 Å². The minimum absolute atomic E-state index is 0.500. The van der Waals surface area contributed by atoms with Crippen molar-refractivity contribution in [2.45, 2.75) is 71.6 Å². The minimum atomic E-state index is 0.500. The van der Waals surface area contributed by atoms with E-state index in [0.717, 1.165) is 0 Å². The highest BCUT2D eigenvalue weighted by Crippen LogP contribution is 2.08. The summed E-state index contributed by atoms with van der Waals surface area (Å²) in [5.74, 6) is 0. The average molecular weight is 282 g/mol. The summed E-state index contributed by atoms with van der Waals surface area (Å²) >= 11 is 0. The molecule has 0 saturated carbocycles. The summed E-state index contributed by atoms with van der Waals surface area (Å²) in [5, 5.41) is 20.3. The SMILES string of the molecule is CCCCCCCCCCC.[N-]=C=O.[N-]=C=O.[N-]=C=O. The zero-order chi connectivity index (χ0) is 16.5. The van der Waals surface area contributed by atoms with Crippen LogP contribution in [0.4, 0.5) is 0 Å². The van der Waals surface area contributed by atoms with Gasteiger partial charge in [-0.25, -0.2) is 0 Å². The number of rotatable bonds is 8.